The van der Waals surface area contributed by atoms with Crippen molar-refractivity contribution in [3.05, 3.63) is 72.0 Å². The predicted molar refractivity (Wildman–Crippen MR) is 129 cm³/mol. The molecule has 0 aliphatic heterocycles. The minimum Gasteiger partial charge on any atom is -0.429 e. The Balaban J connectivity index is 1.70. The van der Waals surface area contributed by atoms with Crippen LogP contribution in [0.3, 0.4) is 0 Å². The van der Waals surface area contributed by atoms with Gasteiger partial charge in [0.1, 0.15) is 12.4 Å². The molecule has 1 amide bonds. The topological polar surface area (TPSA) is 112 Å². The molecule has 0 saturated carbocycles. The normalized spacial score (nSPS) is 11.6. The second-order valence-corrected chi connectivity index (χ2v) is 9.98. The molecule has 0 bridgehead atoms. The number of sulfonamides is 1. The Morgan fingerprint density at radius 3 is 2.41 bits per heavy atom. The third-order valence-electron chi connectivity index (χ3n) is 5.11. The molecule has 0 unspecified atom stereocenters. The first-order valence-corrected chi connectivity index (χ1v) is 12.3. The fourth-order valence-electron chi connectivity index (χ4n) is 3.35. The molecule has 0 atom stereocenters. The summed E-state index contributed by atoms with van der Waals surface area (Å²) in [6, 6.07) is 13.1. The van der Waals surface area contributed by atoms with Gasteiger partial charge in [-0.05, 0) is 48.2 Å². The van der Waals surface area contributed by atoms with Gasteiger partial charge in [0.2, 0.25) is 28.1 Å². The van der Waals surface area contributed by atoms with Gasteiger partial charge in [0, 0.05) is 18.4 Å². The van der Waals surface area contributed by atoms with Crippen LogP contribution in [0.1, 0.15) is 27.2 Å². The highest BCUT2D eigenvalue weighted by Gasteiger charge is 2.17. The number of hydrogen-bond donors (Lipinski definition) is 1. The number of para-hydroxylation sites is 2. The van der Waals surface area contributed by atoms with Crippen LogP contribution in [0.5, 0.6) is 0 Å². The Kier molecular flexibility index (Phi) is 6.60. The maximum Gasteiger partial charge on any atom is 0.250 e. The van der Waals surface area contributed by atoms with E-state index in [0.29, 0.717) is 28.5 Å². The summed E-state index contributed by atoms with van der Waals surface area (Å²) in [5.74, 6) is 0.634. The van der Waals surface area contributed by atoms with E-state index in [0.717, 1.165) is 13.0 Å². The lowest BCUT2D eigenvalue weighted by atomic mass is 10.1. The fraction of sp³-hybridized carbons (Fsp3) is 0.250. The molecule has 4 aromatic rings. The molecule has 34 heavy (non-hydrogen) atoms. The zero-order valence-corrected chi connectivity index (χ0v) is 20.0. The summed E-state index contributed by atoms with van der Waals surface area (Å²) < 4.78 is 34.0. The number of aryl methyl sites for hydroxylation is 1. The molecule has 10 heteroatoms. The largest absolute Gasteiger partial charge is 0.429 e. The first kappa shape index (κ1) is 23.4. The van der Waals surface area contributed by atoms with Crippen molar-refractivity contribution < 1.29 is 17.8 Å². The van der Waals surface area contributed by atoms with E-state index in [9.17, 15) is 13.2 Å². The Bertz CT molecular complexity index is 1430. The number of hydrogen-bond acceptors (Lipinski definition) is 5. The molecular weight excluding hydrogens is 452 g/mol. The Morgan fingerprint density at radius 1 is 1.09 bits per heavy atom. The molecule has 0 saturated heterocycles. The number of carbonyl (C=O) groups is 1. The van der Waals surface area contributed by atoms with Crippen molar-refractivity contribution in [3.8, 4) is 5.82 Å². The van der Waals surface area contributed by atoms with Crippen LogP contribution in [0, 0.1) is 5.92 Å². The second-order valence-electron chi connectivity index (χ2n) is 8.37. The van der Waals surface area contributed by atoms with Crippen molar-refractivity contribution in [2.75, 3.05) is 5.32 Å². The summed E-state index contributed by atoms with van der Waals surface area (Å²) in [5, 5.41) is 2.61. The first-order chi connectivity index (χ1) is 16.2. The monoisotopic (exact) mass is 478 g/mol. The Labute approximate surface area is 198 Å². The number of carbonyl (C=O) groups excluding carboxylic acids is 1. The minimum absolute atomic E-state index is 0.00347. The number of nitrogens with zero attached hydrogens (tertiary/aromatic N) is 5. The molecule has 4 rings (SSSR count). The summed E-state index contributed by atoms with van der Waals surface area (Å²) in [6.45, 7) is 6.54. The number of nitrogens with one attached hydrogen (secondary N) is 1. The van der Waals surface area contributed by atoms with Gasteiger partial charge in [0.25, 0.3) is 0 Å². The van der Waals surface area contributed by atoms with E-state index in [1.807, 2.05) is 41.5 Å². The molecule has 0 spiro atoms. The number of fused-ring (bicyclic) bond motifs is 1. The zero-order chi connectivity index (χ0) is 24.3. The van der Waals surface area contributed by atoms with Crippen LogP contribution in [0.15, 0.2) is 72.1 Å². The molecule has 0 fully saturated rings. The lowest BCUT2D eigenvalue weighted by Gasteiger charge is -2.18. The van der Waals surface area contributed by atoms with Crippen molar-refractivity contribution in [3.63, 3.8) is 0 Å². The van der Waals surface area contributed by atoms with Gasteiger partial charge in [0.05, 0.1) is 17.0 Å². The average Bonchev–Trinajstić information content (AvgIpc) is 3.26. The van der Waals surface area contributed by atoms with E-state index in [4.69, 9.17) is 0 Å². The quantitative estimate of drug-likeness (QED) is 0.383. The molecule has 0 aliphatic rings. The van der Waals surface area contributed by atoms with Crippen molar-refractivity contribution in [2.45, 2.75) is 38.6 Å². The van der Waals surface area contributed by atoms with Gasteiger partial charge >= 0.3 is 0 Å². The molecular formula is C24H26N6O3S. The molecule has 0 radical (unpaired) electrons. The van der Waals surface area contributed by atoms with Gasteiger partial charge in [0.15, 0.2) is 0 Å². The van der Waals surface area contributed by atoms with Crippen LogP contribution in [-0.4, -0.2) is 28.9 Å². The zero-order valence-electron chi connectivity index (χ0n) is 19.2. The van der Waals surface area contributed by atoms with Crippen molar-refractivity contribution in [1.29, 1.82) is 0 Å². The first-order valence-electron chi connectivity index (χ1n) is 10.9. The molecule has 0 aliphatic carbocycles. The number of imidazole rings is 1. The molecule has 9 nitrogen and oxygen atoms in total. The minimum atomic E-state index is -4.08. The predicted octanol–water partition coefficient (Wildman–Crippen LogP) is 4.11. The Hall–Kier alpha value is -3.79. The van der Waals surface area contributed by atoms with Crippen molar-refractivity contribution in [1.82, 2.24) is 14.5 Å². The molecule has 2 aromatic heterocycles. The number of amides is 1. The van der Waals surface area contributed by atoms with Crippen molar-refractivity contribution in [2.24, 2.45) is 5.92 Å². The molecule has 2 aromatic carbocycles. The fourth-order valence-corrected chi connectivity index (χ4v) is 4.29. The van der Waals surface area contributed by atoms with E-state index in [2.05, 4.69) is 33.9 Å². The second kappa shape index (κ2) is 9.60. The van der Waals surface area contributed by atoms with Crippen LogP contribution in [0.25, 0.3) is 21.6 Å². The van der Waals surface area contributed by atoms with Gasteiger partial charge < -0.3 is 15.0 Å². The van der Waals surface area contributed by atoms with E-state index < -0.39 is 10.0 Å². The number of benzene rings is 2. The van der Waals surface area contributed by atoms with Gasteiger partial charge in [-0.3, -0.25) is 4.79 Å². The third kappa shape index (κ3) is 5.40. The lowest BCUT2D eigenvalue weighted by molar-refractivity contribution is -0.697. The van der Waals surface area contributed by atoms with Crippen LogP contribution >= 0.6 is 0 Å². The molecule has 176 valence electrons. The van der Waals surface area contributed by atoms with Crippen LogP contribution in [0.4, 0.5) is 11.5 Å². The number of anilines is 1. The smallest absolute Gasteiger partial charge is 0.250 e. The van der Waals surface area contributed by atoms with E-state index in [1.165, 1.54) is 31.2 Å². The molecule has 2 heterocycles. The number of rotatable bonds is 8. The van der Waals surface area contributed by atoms with Crippen LogP contribution in [-0.2, 0) is 21.4 Å². The van der Waals surface area contributed by atoms with Crippen LogP contribution in [0.2, 0.25) is 0 Å². The summed E-state index contributed by atoms with van der Waals surface area (Å²) in [5.41, 5.74) is 1.67. The molecule has 1 N–H and O–H groups in total. The Morgan fingerprint density at radius 2 is 1.76 bits per heavy atom. The summed E-state index contributed by atoms with van der Waals surface area (Å²) in [7, 11) is -4.08. The standard InChI is InChI=1S/C24H26N6O3S/c1-17(2)12-13-29-14-15-30(16-29)24-23(26-21-6-4-5-7-22(21)27-24)28-34(32,33)20-10-8-19(9-11-20)25-18(3)31/h4-11,14-17H,12-13H2,1-3H3,(H-,25,26,28,31). The number of aromatic nitrogens is 4. The average molecular weight is 479 g/mol. The van der Waals surface area contributed by atoms with Gasteiger partial charge in [-0.2, -0.15) is 4.57 Å². The van der Waals surface area contributed by atoms with Gasteiger partial charge in [-0.25, -0.2) is 18.0 Å². The lowest BCUT2D eigenvalue weighted by Crippen LogP contribution is -2.31. The van der Waals surface area contributed by atoms with Crippen LogP contribution < -0.4 is 9.88 Å². The maximum absolute atomic E-state index is 13.1. The summed E-state index contributed by atoms with van der Waals surface area (Å²) >= 11 is 0. The highest BCUT2D eigenvalue weighted by Crippen LogP contribution is 2.32. The van der Waals surface area contributed by atoms with E-state index in [1.54, 1.807) is 10.6 Å². The van der Waals surface area contributed by atoms with Gasteiger partial charge in [-0.15, -0.1) is 0 Å². The summed E-state index contributed by atoms with van der Waals surface area (Å²) in [6.07, 6.45) is 6.60. The van der Waals surface area contributed by atoms with Crippen molar-refractivity contribution >= 4 is 38.5 Å². The highest BCUT2D eigenvalue weighted by molar-refractivity contribution is 7.94. The summed E-state index contributed by atoms with van der Waals surface area (Å²) in [4.78, 5) is 20.4. The van der Waals surface area contributed by atoms with E-state index >= 15 is 0 Å². The highest BCUT2D eigenvalue weighted by atomic mass is 32.2. The van der Waals surface area contributed by atoms with E-state index in [-0.39, 0.29) is 16.6 Å². The van der Waals surface area contributed by atoms with Gasteiger partial charge in [-0.1, -0.05) is 32.0 Å². The SMILES string of the molecule is CC(=O)Nc1ccc(S(=O)(=O)[N-]c2nc3ccccc3nc2-n2cc[n+](CCC(C)C)c2)cc1. The third-order valence-corrected chi connectivity index (χ3v) is 6.40. The maximum atomic E-state index is 13.1.